The van der Waals surface area contributed by atoms with Crippen LogP contribution < -0.4 is 16.0 Å². The largest absolute Gasteiger partial charge is 0.342 e. The van der Waals surface area contributed by atoms with Gasteiger partial charge in [-0.1, -0.05) is 12.1 Å². The monoisotopic (exact) mass is 323 g/mol. The third-order valence-corrected chi connectivity index (χ3v) is 4.47. The van der Waals surface area contributed by atoms with Gasteiger partial charge in [0.2, 0.25) is 0 Å². The van der Waals surface area contributed by atoms with E-state index in [9.17, 15) is 9.59 Å². The van der Waals surface area contributed by atoms with Crippen LogP contribution in [0.2, 0.25) is 0 Å². The predicted molar refractivity (Wildman–Crippen MR) is 91.2 cm³/mol. The summed E-state index contributed by atoms with van der Waals surface area (Å²) >= 11 is 0. The van der Waals surface area contributed by atoms with Gasteiger partial charge in [-0.2, -0.15) is 0 Å². The van der Waals surface area contributed by atoms with E-state index in [2.05, 4.69) is 15.0 Å². The summed E-state index contributed by atoms with van der Waals surface area (Å²) in [5.41, 5.74) is 0.362. The minimum absolute atomic E-state index is 0.146. The van der Waals surface area contributed by atoms with E-state index in [0.29, 0.717) is 29.1 Å². The standard InChI is InChI=1S/C17H17N5O2/c1-21-10-8-18-15(17(21)24)22-9-4-7-13(22)14-19-12-6-3-2-5-11(12)16(23)20-14/h2-3,5-6,8,10,13H,4,7,9H2,1H3,(H,19,20,23). The molecule has 7 heteroatoms. The smallest absolute Gasteiger partial charge is 0.293 e. The molecule has 1 saturated heterocycles. The molecule has 1 atom stereocenters. The summed E-state index contributed by atoms with van der Waals surface area (Å²) in [6.07, 6.45) is 4.98. The molecule has 1 N–H and O–H groups in total. The number of hydrogen-bond acceptors (Lipinski definition) is 5. The molecule has 1 aromatic carbocycles. The molecular weight excluding hydrogens is 306 g/mol. The van der Waals surface area contributed by atoms with E-state index in [1.165, 1.54) is 4.57 Å². The molecule has 1 aliphatic rings. The Kier molecular flexibility index (Phi) is 3.41. The summed E-state index contributed by atoms with van der Waals surface area (Å²) in [5, 5.41) is 0.569. The summed E-state index contributed by atoms with van der Waals surface area (Å²) in [6, 6.07) is 7.11. The second kappa shape index (κ2) is 5.59. The van der Waals surface area contributed by atoms with Gasteiger partial charge < -0.3 is 14.5 Å². The first-order chi connectivity index (χ1) is 11.6. The Morgan fingerprint density at radius 1 is 1.25 bits per heavy atom. The van der Waals surface area contributed by atoms with Gasteiger partial charge in [-0.3, -0.25) is 9.59 Å². The maximum absolute atomic E-state index is 12.4. The molecule has 1 aliphatic heterocycles. The van der Waals surface area contributed by atoms with Crippen LogP contribution in [0.25, 0.3) is 10.9 Å². The molecule has 3 heterocycles. The summed E-state index contributed by atoms with van der Waals surface area (Å²) in [6.45, 7) is 0.716. The van der Waals surface area contributed by atoms with Crippen LogP contribution in [-0.4, -0.2) is 26.1 Å². The first kappa shape index (κ1) is 14.6. The van der Waals surface area contributed by atoms with Crippen LogP contribution in [0.5, 0.6) is 0 Å². The van der Waals surface area contributed by atoms with Crippen molar-refractivity contribution in [3.8, 4) is 0 Å². The number of nitrogens with zero attached hydrogens (tertiary/aromatic N) is 4. The molecule has 1 unspecified atom stereocenters. The Morgan fingerprint density at radius 2 is 2.08 bits per heavy atom. The Balaban J connectivity index is 1.82. The van der Waals surface area contributed by atoms with E-state index in [1.807, 2.05) is 23.1 Å². The van der Waals surface area contributed by atoms with Crippen LogP contribution >= 0.6 is 0 Å². The second-order valence-corrected chi connectivity index (χ2v) is 5.99. The summed E-state index contributed by atoms with van der Waals surface area (Å²) in [7, 11) is 1.70. The number of hydrogen-bond donors (Lipinski definition) is 1. The van der Waals surface area contributed by atoms with E-state index in [1.54, 1.807) is 25.5 Å². The number of rotatable bonds is 2. The van der Waals surface area contributed by atoms with Crippen molar-refractivity contribution >= 4 is 16.7 Å². The molecule has 1 fully saturated rings. The van der Waals surface area contributed by atoms with E-state index in [0.717, 1.165) is 12.8 Å². The molecule has 0 radical (unpaired) electrons. The second-order valence-electron chi connectivity index (χ2n) is 5.99. The Labute approximate surface area is 137 Å². The zero-order valence-corrected chi connectivity index (χ0v) is 13.3. The number of aromatic amines is 1. The average molecular weight is 323 g/mol. The zero-order chi connectivity index (χ0) is 16.7. The minimum atomic E-state index is -0.156. The van der Waals surface area contributed by atoms with Crippen molar-refractivity contribution in [1.82, 2.24) is 19.5 Å². The fourth-order valence-corrected chi connectivity index (χ4v) is 3.25. The van der Waals surface area contributed by atoms with Crippen LogP contribution in [0, 0.1) is 0 Å². The summed E-state index contributed by atoms with van der Waals surface area (Å²) < 4.78 is 1.51. The van der Waals surface area contributed by atoms with Gasteiger partial charge in [0, 0.05) is 26.0 Å². The maximum atomic E-state index is 12.4. The van der Waals surface area contributed by atoms with Gasteiger partial charge in [0.15, 0.2) is 5.82 Å². The van der Waals surface area contributed by atoms with Crippen LogP contribution in [0.15, 0.2) is 46.2 Å². The van der Waals surface area contributed by atoms with Gasteiger partial charge in [-0.15, -0.1) is 0 Å². The molecule has 0 amide bonds. The van der Waals surface area contributed by atoms with Crippen LogP contribution in [0.3, 0.4) is 0 Å². The fraction of sp³-hybridized carbons (Fsp3) is 0.294. The van der Waals surface area contributed by atoms with Crippen LogP contribution in [0.4, 0.5) is 5.82 Å². The fourth-order valence-electron chi connectivity index (χ4n) is 3.25. The average Bonchev–Trinajstić information content (AvgIpc) is 3.07. The van der Waals surface area contributed by atoms with Crippen molar-refractivity contribution in [2.75, 3.05) is 11.4 Å². The van der Waals surface area contributed by atoms with Gasteiger partial charge in [0.05, 0.1) is 16.9 Å². The van der Waals surface area contributed by atoms with E-state index in [-0.39, 0.29) is 17.2 Å². The van der Waals surface area contributed by atoms with E-state index in [4.69, 9.17) is 0 Å². The van der Waals surface area contributed by atoms with Gasteiger partial charge in [-0.05, 0) is 25.0 Å². The minimum Gasteiger partial charge on any atom is -0.342 e. The van der Waals surface area contributed by atoms with Gasteiger partial charge in [0.1, 0.15) is 5.82 Å². The van der Waals surface area contributed by atoms with Crippen molar-refractivity contribution in [2.24, 2.45) is 7.05 Å². The number of anilines is 1. The van der Waals surface area contributed by atoms with Crippen LogP contribution in [0.1, 0.15) is 24.7 Å². The number of H-pyrrole nitrogens is 1. The lowest BCUT2D eigenvalue weighted by molar-refractivity contribution is 0.653. The Hall–Kier alpha value is -2.96. The van der Waals surface area contributed by atoms with Crippen molar-refractivity contribution in [3.05, 3.63) is 63.2 Å². The number of para-hydroxylation sites is 1. The lowest BCUT2D eigenvalue weighted by atomic mass is 10.2. The molecule has 2 aromatic heterocycles. The highest BCUT2D eigenvalue weighted by Gasteiger charge is 2.31. The van der Waals surface area contributed by atoms with Crippen LogP contribution in [-0.2, 0) is 7.05 Å². The SMILES string of the molecule is Cn1ccnc(N2CCCC2c2nc3ccccc3c(=O)[nH]2)c1=O. The molecule has 0 aliphatic carbocycles. The Morgan fingerprint density at radius 3 is 2.96 bits per heavy atom. The molecule has 7 nitrogen and oxygen atoms in total. The van der Waals surface area contributed by atoms with Crippen molar-refractivity contribution in [3.63, 3.8) is 0 Å². The lowest BCUT2D eigenvalue weighted by Crippen LogP contribution is -2.33. The number of nitrogens with one attached hydrogen (secondary N) is 1. The first-order valence-corrected chi connectivity index (χ1v) is 7.92. The summed E-state index contributed by atoms with van der Waals surface area (Å²) in [5.74, 6) is 0.988. The quantitative estimate of drug-likeness (QED) is 0.770. The summed E-state index contributed by atoms with van der Waals surface area (Å²) in [4.78, 5) is 38.4. The number of fused-ring (bicyclic) bond motifs is 1. The van der Waals surface area contributed by atoms with Gasteiger partial charge in [-0.25, -0.2) is 9.97 Å². The third kappa shape index (κ3) is 2.29. The zero-order valence-electron chi connectivity index (χ0n) is 13.3. The van der Waals surface area contributed by atoms with Crippen molar-refractivity contribution in [2.45, 2.75) is 18.9 Å². The molecule has 24 heavy (non-hydrogen) atoms. The van der Waals surface area contributed by atoms with Crippen molar-refractivity contribution < 1.29 is 0 Å². The lowest BCUT2D eigenvalue weighted by Gasteiger charge is -2.24. The third-order valence-electron chi connectivity index (χ3n) is 4.47. The van der Waals surface area contributed by atoms with Gasteiger partial charge >= 0.3 is 0 Å². The predicted octanol–water partition coefficient (Wildman–Crippen LogP) is 1.36. The topological polar surface area (TPSA) is 83.9 Å². The van der Waals surface area contributed by atoms with E-state index < -0.39 is 0 Å². The number of benzene rings is 1. The normalized spacial score (nSPS) is 17.5. The highest BCUT2D eigenvalue weighted by molar-refractivity contribution is 5.77. The first-order valence-electron chi connectivity index (χ1n) is 7.92. The molecule has 0 spiro atoms. The van der Waals surface area contributed by atoms with Crippen molar-refractivity contribution in [1.29, 1.82) is 0 Å². The number of aryl methyl sites for hydroxylation is 1. The van der Waals surface area contributed by atoms with E-state index >= 15 is 0 Å². The molecule has 0 bridgehead atoms. The molecular formula is C17H17N5O2. The highest BCUT2D eigenvalue weighted by atomic mass is 16.1. The molecule has 122 valence electrons. The maximum Gasteiger partial charge on any atom is 0.293 e. The Bertz CT molecular complexity index is 1020. The molecule has 3 aromatic rings. The molecule has 0 saturated carbocycles. The number of aromatic nitrogens is 4. The molecule has 4 rings (SSSR count). The highest BCUT2D eigenvalue weighted by Crippen LogP contribution is 2.32. The van der Waals surface area contributed by atoms with Gasteiger partial charge in [0.25, 0.3) is 11.1 Å².